The summed E-state index contributed by atoms with van der Waals surface area (Å²) in [4.78, 5) is 4.42. The average Bonchev–Trinajstić information content (AvgIpc) is 2.82. The molecular formula is C12H13N3S2. The van der Waals surface area contributed by atoms with Crippen LogP contribution in [-0.2, 0) is 0 Å². The number of nitrogens with one attached hydrogen (secondary N) is 1. The summed E-state index contributed by atoms with van der Waals surface area (Å²) in [6, 6.07) is 6.14. The van der Waals surface area contributed by atoms with Crippen molar-refractivity contribution in [3.63, 3.8) is 0 Å². The van der Waals surface area contributed by atoms with Gasteiger partial charge in [0.25, 0.3) is 0 Å². The first-order valence-electron chi connectivity index (χ1n) is 5.21. The van der Waals surface area contributed by atoms with Gasteiger partial charge in [-0.1, -0.05) is 12.2 Å². The van der Waals surface area contributed by atoms with E-state index in [0.717, 1.165) is 5.69 Å². The highest BCUT2D eigenvalue weighted by Crippen LogP contribution is 2.21. The Hall–Kier alpha value is -1.46. The minimum absolute atomic E-state index is 0.253. The number of aromatic nitrogens is 1. The van der Waals surface area contributed by atoms with Gasteiger partial charge < -0.3 is 11.1 Å². The van der Waals surface area contributed by atoms with Gasteiger partial charge in [0.1, 0.15) is 4.99 Å². The molecule has 0 aliphatic rings. The molecule has 88 valence electrons. The molecule has 1 unspecified atom stereocenters. The molecule has 0 fully saturated rings. The normalized spacial score (nSPS) is 12.1. The third kappa shape index (κ3) is 3.01. The molecule has 2 heterocycles. The standard InChI is InChI=1S/C12H13N3S2/c1-8(9-3-5-17-7-9)15-10-2-4-14-11(6-10)12(13)16/h2-8H,1H3,(H2,13,16)(H,14,15). The summed E-state index contributed by atoms with van der Waals surface area (Å²) < 4.78 is 0. The molecule has 0 saturated carbocycles. The van der Waals surface area contributed by atoms with E-state index in [-0.39, 0.29) is 6.04 Å². The summed E-state index contributed by atoms with van der Waals surface area (Å²) in [6.45, 7) is 2.11. The first-order valence-corrected chi connectivity index (χ1v) is 6.56. The lowest BCUT2D eigenvalue weighted by Crippen LogP contribution is -2.12. The lowest BCUT2D eigenvalue weighted by atomic mass is 10.1. The lowest BCUT2D eigenvalue weighted by Gasteiger charge is -2.14. The lowest BCUT2D eigenvalue weighted by molar-refractivity contribution is 0.889. The van der Waals surface area contributed by atoms with E-state index in [4.69, 9.17) is 18.0 Å². The Kier molecular flexibility index (Phi) is 3.71. The van der Waals surface area contributed by atoms with Crippen molar-refractivity contribution in [2.45, 2.75) is 13.0 Å². The average molecular weight is 263 g/mol. The van der Waals surface area contributed by atoms with E-state index in [1.807, 2.05) is 12.1 Å². The number of anilines is 1. The Labute approximate surface area is 110 Å². The second-order valence-electron chi connectivity index (χ2n) is 3.72. The van der Waals surface area contributed by atoms with Gasteiger partial charge in [-0.25, -0.2) is 0 Å². The molecule has 1 atom stereocenters. The van der Waals surface area contributed by atoms with E-state index in [0.29, 0.717) is 10.7 Å². The fraction of sp³-hybridized carbons (Fsp3) is 0.167. The molecule has 0 amide bonds. The summed E-state index contributed by atoms with van der Waals surface area (Å²) >= 11 is 6.60. The van der Waals surface area contributed by atoms with Gasteiger partial charge in [0, 0.05) is 17.9 Å². The summed E-state index contributed by atoms with van der Waals surface area (Å²) in [7, 11) is 0. The van der Waals surface area contributed by atoms with Crippen molar-refractivity contribution in [3.05, 3.63) is 46.4 Å². The van der Waals surface area contributed by atoms with Crippen LogP contribution in [-0.4, -0.2) is 9.97 Å². The molecule has 17 heavy (non-hydrogen) atoms. The van der Waals surface area contributed by atoms with Crippen LogP contribution in [0.1, 0.15) is 24.2 Å². The third-order valence-electron chi connectivity index (χ3n) is 2.44. The zero-order valence-corrected chi connectivity index (χ0v) is 11.0. The minimum Gasteiger partial charge on any atom is -0.388 e. The maximum atomic E-state index is 5.55. The van der Waals surface area contributed by atoms with Crippen molar-refractivity contribution in [3.8, 4) is 0 Å². The van der Waals surface area contributed by atoms with E-state index < -0.39 is 0 Å². The van der Waals surface area contributed by atoms with Crippen molar-refractivity contribution < 1.29 is 0 Å². The highest BCUT2D eigenvalue weighted by Gasteiger charge is 2.06. The number of thiophene rings is 1. The van der Waals surface area contributed by atoms with Crippen LogP contribution in [0.2, 0.25) is 0 Å². The molecule has 0 aliphatic carbocycles. The van der Waals surface area contributed by atoms with Crippen molar-refractivity contribution in [1.82, 2.24) is 4.98 Å². The van der Waals surface area contributed by atoms with Gasteiger partial charge >= 0.3 is 0 Å². The van der Waals surface area contributed by atoms with E-state index >= 15 is 0 Å². The summed E-state index contributed by atoms with van der Waals surface area (Å²) in [6.07, 6.45) is 1.71. The van der Waals surface area contributed by atoms with Crippen molar-refractivity contribution in [2.75, 3.05) is 5.32 Å². The SMILES string of the molecule is CC(Nc1ccnc(C(N)=S)c1)c1ccsc1. The van der Waals surface area contributed by atoms with E-state index in [1.165, 1.54) is 5.56 Å². The van der Waals surface area contributed by atoms with Gasteiger partial charge in [0.05, 0.1) is 5.69 Å². The molecule has 0 spiro atoms. The van der Waals surface area contributed by atoms with E-state index in [2.05, 4.69) is 34.1 Å². The summed E-state index contributed by atoms with van der Waals surface area (Å²) in [5, 5.41) is 7.59. The molecule has 0 aliphatic heterocycles. The number of rotatable bonds is 4. The van der Waals surface area contributed by atoms with Gasteiger partial charge in [-0.15, -0.1) is 0 Å². The number of thiocarbonyl (C=S) groups is 1. The highest BCUT2D eigenvalue weighted by atomic mass is 32.1. The Morgan fingerprint density at radius 2 is 2.35 bits per heavy atom. The second-order valence-corrected chi connectivity index (χ2v) is 4.94. The van der Waals surface area contributed by atoms with Crippen molar-refractivity contribution >= 4 is 34.2 Å². The van der Waals surface area contributed by atoms with Crippen LogP contribution < -0.4 is 11.1 Å². The fourth-order valence-electron chi connectivity index (χ4n) is 1.51. The van der Waals surface area contributed by atoms with Gasteiger partial charge in [-0.2, -0.15) is 11.3 Å². The van der Waals surface area contributed by atoms with Gasteiger partial charge in [0.15, 0.2) is 0 Å². The molecule has 2 aromatic rings. The summed E-state index contributed by atoms with van der Waals surface area (Å²) in [5.41, 5.74) is 8.43. The fourth-order valence-corrected chi connectivity index (χ4v) is 2.38. The molecule has 0 aromatic carbocycles. The van der Waals surface area contributed by atoms with Crippen molar-refractivity contribution in [1.29, 1.82) is 0 Å². The van der Waals surface area contributed by atoms with Crippen LogP contribution in [0.3, 0.4) is 0 Å². The smallest absolute Gasteiger partial charge is 0.122 e. The molecule has 3 nitrogen and oxygen atoms in total. The maximum Gasteiger partial charge on any atom is 0.122 e. The van der Waals surface area contributed by atoms with Gasteiger partial charge in [-0.05, 0) is 41.4 Å². The Morgan fingerprint density at radius 1 is 1.53 bits per heavy atom. The predicted octanol–water partition coefficient (Wildman–Crippen LogP) is 2.95. The van der Waals surface area contributed by atoms with Crippen LogP contribution in [0.4, 0.5) is 5.69 Å². The van der Waals surface area contributed by atoms with Crippen molar-refractivity contribution in [2.24, 2.45) is 5.73 Å². The van der Waals surface area contributed by atoms with Gasteiger partial charge in [-0.3, -0.25) is 4.98 Å². The first kappa shape index (κ1) is 12.0. The zero-order chi connectivity index (χ0) is 12.3. The van der Waals surface area contributed by atoms with Gasteiger partial charge in [0.2, 0.25) is 0 Å². The molecule has 5 heteroatoms. The zero-order valence-electron chi connectivity index (χ0n) is 9.38. The topological polar surface area (TPSA) is 50.9 Å². The number of hydrogen-bond acceptors (Lipinski definition) is 4. The molecule has 0 radical (unpaired) electrons. The number of hydrogen-bond donors (Lipinski definition) is 2. The van der Waals surface area contributed by atoms with Crippen LogP contribution in [0.25, 0.3) is 0 Å². The monoisotopic (exact) mass is 263 g/mol. The summed E-state index contributed by atoms with van der Waals surface area (Å²) in [5.74, 6) is 0. The second kappa shape index (κ2) is 5.25. The number of pyridine rings is 1. The third-order valence-corrected chi connectivity index (χ3v) is 3.35. The molecule has 2 rings (SSSR count). The number of nitrogens with two attached hydrogens (primary N) is 1. The first-order chi connectivity index (χ1) is 8.16. The van der Waals surface area contributed by atoms with Crippen LogP contribution in [0.5, 0.6) is 0 Å². The Morgan fingerprint density at radius 3 is 3.00 bits per heavy atom. The molecule has 0 bridgehead atoms. The Balaban J connectivity index is 2.13. The Bertz CT molecular complexity index is 508. The largest absolute Gasteiger partial charge is 0.388 e. The number of nitrogens with zero attached hydrogens (tertiary/aromatic N) is 1. The van der Waals surface area contributed by atoms with Crippen LogP contribution >= 0.6 is 23.6 Å². The minimum atomic E-state index is 0.253. The quantitative estimate of drug-likeness (QED) is 0.833. The molecular weight excluding hydrogens is 250 g/mol. The predicted molar refractivity (Wildman–Crippen MR) is 76.5 cm³/mol. The van der Waals surface area contributed by atoms with Crippen LogP contribution in [0, 0.1) is 0 Å². The highest BCUT2D eigenvalue weighted by molar-refractivity contribution is 7.80. The molecule has 3 N–H and O–H groups in total. The van der Waals surface area contributed by atoms with E-state index in [1.54, 1.807) is 17.5 Å². The van der Waals surface area contributed by atoms with Crippen LogP contribution in [0.15, 0.2) is 35.2 Å². The molecule has 2 aromatic heterocycles. The maximum absolute atomic E-state index is 5.55. The molecule has 0 saturated heterocycles. The van der Waals surface area contributed by atoms with E-state index in [9.17, 15) is 0 Å².